The Kier molecular flexibility index (Phi) is 9.62. The summed E-state index contributed by atoms with van der Waals surface area (Å²) >= 11 is 13.6. The lowest BCUT2D eigenvalue weighted by Crippen LogP contribution is -2.12. The van der Waals surface area contributed by atoms with Crippen LogP contribution in [-0.2, 0) is 9.53 Å². The van der Waals surface area contributed by atoms with Crippen molar-refractivity contribution in [3.8, 4) is 11.3 Å². The van der Waals surface area contributed by atoms with Gasteiger partial charge in [0.1, 0.15) is 5.82 Å². The Morgan fingerprint density at radius 1 is 1.25 bits per heavy atom. The Labute approximate surface area is 222 Å². The molecule has 0 saturated heterocycles. The number of carboxylic acid groups (broad SMARTS) is 1. The molecule has 3 aromatic rings. The van der Waals surface area contributed by atoms with Gasteiger partial charge < -0.3 is 9.84 Å². The Hall–Kier alpha value is -2.78. The molecule has 0 radical (unpaired) electrons. The third kappa shape index (κ3) is 6.50. The topological polar surface area (TPSA) is 88.5 Å². The Balaban J connectivity index is 1.82. The molecule has 36 heavy (non-hydrogen) atoms. The number of carbonyl (C=O) groups is 2. The van der Waals surface area contributed by atoms with Crippen molar-refractivity contribution in [3.05, 3.63) is 73.8 Å². The molecule has 1 amide bonds. The molecule has 0 spiro atoms. The molecule has 0 aliphatic rings. The van der Waals surface area contributed by atoms with E-state index in [9.17, 15) is 9.59 Å². The average Bonchev–Trinajstić information content (AvgIpc) is 3.30. The fraction of sp³-hybridized carbons (Fsp3) is 0.269. The van der Waals surface area contributed by atoms with E-state index in [0.717, 1.165) is 17.8 Å². The van der Waals surface area contributed by atoms with E-state index in [1.165, 1.54) is 25.1 Å². The second-order valence-electron chi connectivity index (χ2n) is 7.95. The zero-order valence-electron chi connectivity index (χ0n) is 19.9. The lowest BCUT2D eigenvalue weighted by molar-refractivity contribution is -0.132. The predicted octanol–water partition coefficient (Wildman–Crippen LogP) is 7.87. The monoisotopic (exact) mass is 550 g/mol. The third-order valence-electron chi connectivity index (χ3n) is 5.31. The number of thiazole rings is 1. The summed E-state index contributed by atoms with van der Waals surface area (Å²) in [6.07, 6.45) is 2.45. The molecule has 0 bridgehead atoms. The van der Waals surface area contributed by atoms with E-state index in [0.29, 0.717) is 35.4 Å². The van der Waals surface area contributed by atoms with Crippen molar-refractivity contribution in [3.63, 3.8) is 0 Å². The van der Waals surface area contributed by atoms with Crippen molar-refractivity contribution in [2.75, 3.05) is 11.9 Å². The van der Waals surface area contributed by atoms with Gasteiger partial charge in [0, 0.05) is 39.8 Å². The molecule has 1 heterocycles. The molecular formula is C26H25Cl2FN2O4S. The molecule has 2 N–H and O–H groups in total. The lowest BCUT2D eigenvalue weighted by atomic mass is 10.0. The molecule has 3 rings (SSSR count). The van der Waals surface area contributed by atoms with Gasteiger partial charge in [0.05, 0.1) is 21.8 Å². The lowest BCUT2D eigenvalue weighted by Gasteiger charge is -2.18. The first-order valence-corrected chi connectivity index (χ1v) is 12.9. The Morgan fingerprint density at radius 2 is 1.94 bits per heavy atom. The minimum atomic E-state index is -1.11. The minimum Gasteiger partial charge on any atom is -0.478 e. The van der Waals surface area contributed by atoms with Crippen molar-refractivity contribution >= 4 is 57.6 Å². The van der Waals surface area contributed by atoms with Crippen LogP contribution in [0, 0.1) is 5.82 Å². The number of halogens is 3. The molecule has 0 aliphatic heterocycles. The Morgan fingerprint density at radius 3 is 2.56 bits per heavy atom. The normalized spacial score (nSPS) is 12.4. The van der Waals surface area contributed by atoms with E-state index >= 15 is 4.39 Å². The second-order valence-corrected chi connectivity index (χ2v) is 9.63. The zero-order valence-corrected chi connectivity index (χ0v) is 22.2. The molecule has 0 fully saturated rings. The van der Waals surface area contributed by atoms with Crippen molar-refractivity contribution < 1.29 is 23.8 Å². The molecule has 1 aromatic heterocycles. The minimum absolute atomic E-state index is 0.0461. The summed E-state index contributed by atoms with van der Waals surface area (Å²) in [4.78, 5) is 28.3. The van der Waals surface area contributed by atoms with E-state index in [4.69, 9.17) is 33.0 Å². The van der Waals surface area contributed by atoms with Gasteiger partial charge in [-0.3, -0.25) is 10.1 Å². The molecule has 1 unspecified atom stereocenters. The van der Waals surface area contributed by atoms with Gasteiger partial charge in [0.25, 0.3) is 5.91 Å². The van der Waals surface area contributed by atoms with Gasteiger partial charge in [-0.2, -0.15) is 0 Å². The first-order valence-electron chi connectivity index (χ1n) is 11.2. The molecule has 190 valence electrons. The van der Waals surface area contributed by atoms with Crippen LogP contribution in [0.25, 0.3) is 17.3 Å². The molecule has 6 nitrogen and oxygen atoms in total. The highest BCUT2D eigenvalue weighted by Crippen LogP contribution is 2.33. The van der Waals surface area contributed by atoms with Crippen LogP contribution >= 0.6 is 34.5 Å². The maximum atomic E-state index is 15.4. The van der Waals surface area contributed by atoms with Crippen LogP contribution in [0.4, 0.5) is 9.52 Å². The average molecular weight is 551 g/mol. The van der Waals surface area contributed by atoms with Crippen LogP contribution in [0.1, 0.15) is 61.2 Å². The maximum Gasteiger partial charge on any atom is 0.331 e. The molecule has 0 aliphatic carbocycles. The summed E-state index contributed by atoms with van der Waals surface area (Å²) in [5.41, 5.74) is 1.69. The number of aliphatic carboxylic acids is 1. The standard InChI is InChI=1S/C26H25Cl2FN2O4S/c1-4-9-35-22(5-2)17-8-6-7-16(23(17)29)21-13-36-26(30-21)31-24(32)15-11-19(27)18(20(28)12-15)10-14(3)25(33)34/h6-8,10-13,22H,4-5,9H2,1-3H3,(H,33,34)(H,30,31,32). The van der Waals surface area contributed by atoms with Crippen molar-refractivity contribution in [1.82, 2.24) is 4.98 Å². The summed E-state index contributed by atoms with van der Waals surface area (Å²) in [7, 11) is 0. The number of rotatable bonds is 10. The van der Waals surface area contributed by atoms with E-state index in [1.807, 2.05) is 13.8 Å². The van der Waals surface area contributed by atoms with E-state index in [2.05, 4.69) is 10.3 Å². The van der Waals surface area contributed by atoms with Crippen LogP contribution in [0.2, 0.25) is 10.0 Å². The van der Waals surface area contributed by atoms with Crippen LogP contribution in [0.3, 0.4) is 0 Å². The van der Waals surface area contributed by atoms with Gasteiger partial charge in [-0.1, -0.05) is 49.2 Å². The number of nitrogens with zero attached hydrogens (tertiary/aromatic N) is 1. The summed E-state index contributed by atoms with van der Waals surface area (Å²) in [5, 5.41) is 13.9. The molecule has 2 aromatic carbocycles. The number of nitrogens with one attached hydrogen (secondary N) is 1. The number of anilines is 1. The van der Waals surface area contributed by atoms with Crippen LogP contribution in [0.15, 0.2) is 41.3 Å². The number of carbonyl (C=O) groups excluding carboxylic acids is 1. The van der Waals surface area contributed by atoms with Gasteiger partial charge in [-0.15, -0.1) is 11.3 Å². The third-order valence-corrected chi connectivity index (χ3v) is 6.69. The fourth-order valence-electron chi connectivity index (χ4n) is 3.44. The predicted molar refractivity (Wildman–Crippen MR) is 142 cm³/mol. The quantitative estimate of drug-likeness (QED) is 0.250. The second kappa shape index (κ2) is 12.5. The highest BCUT2D eigenvalue weighted by atomic mass is 35.5. The smallest absolute Gasteiger partial charge is 0.331 e. The Bertz CT molecular complexity index is 1290. The number of hydrogen-bond donors (Lipinski definition) is 2. The first kappa shape index (κ1) is 27.8. The van der Waals surface area contributed by atoms with Crippen LogP contribution in [0.5, 0.6) is 0 Å². The van der Waals surface area contributed by atoms with Crippen LogP contribution in [-0.4, -0.2) is 28.6 Å². The highest BCUT2D eigenvalue weighted by Gasteiger charge is 2.20. The zero-order chi connectivity index (χ0) is 26.4. The van der Waals surface area contributed by atoms with E-state index in [1.54, 1.807) is 23.6 Å². The summed E-state index contributed by atoms with van der Waals surface area (Å²) in [6.45, 7) is 5.89. The summed E-state index contributed by atoms with van der Waals surface area (Å²) in [6, 6.07) is 7.89. The number of carboxylic acids is 1. The molecule has 1 atom stereocenters. The molecular weight excluding hydrogens is 526 g/mol. The number of benzene rings is 2. The first-order chi connectivity index (χ1) is 17.2. The summed E-state index contributed by atoms with van der Waals surface area (Å²) in [5.74, 6) is -2.02. The van der Waals surface area contributed by atoms with Crippen LogP contribution < -0.4 is 5.32 Å². The van der Waals surface area contributed by atoms with Gasteiger partial charge in [0.15, 0.2) is 5.13 Å². The number of ether oxygens (including phenoxy) is 1. The fourth-order valence-corrected chi connectivity index (χ4v) is 4.74. The molecule has 0 saturated carbocycles. The van der Waals surface area contributed by atoms with E-state index in [-0.39, 0.29) is 32.4 Å². The van der Waals surface area contributed by atoms with Gasteiger partial charge >= 0.3 is 5.97 Å². The highest BCUT2D eigenvalue weighted by molar-refractivity contribution is 7.14. The van der Waals surface area contributed by atoms with Gasteiger partial charge in [0.2, 0.25) is 0 Å². The number of hydrogen-bond acceptors (Lipinski definition) is 5. The SMILES string of the molecule is CCCOC(CC)c1cccc(-c2csc(NC(=O)c3cc(Cl)c(C=C(C)C(=O)O)c(Cl)c3)n2)c1F. The number of amides is 1. The molecule has 10 heteroatoms. The summed E-state index contributed by atoms with van der Waals surface area (Å²) < 4.78 is 21.1. The maximum absolute atomic E-state index is 15.4. The van der Waals surface area contributed by atoms with Crippen molar-refractivity contribution in [1.29, 1.82) is 0 Å². The van der Waals surface area contributed by atoms with Crippen molar-refractivity contribution in [2.45, 2.75) is 39.7 Å². The van der Waals surface area contributed by atoms with Gasteiger partial charge in [-0.05, 0) is 44.0 Å². The van der Waals surface area contributed by atoms with Crippen molar-refractivity contribution in [2.24, 2.45) is 0 Å². The number of aromatic nitrogens is 1. The van der Waals surface area contributed by atoms with E-state index < -0.39 is 17.7 Å². The largest absolute Gasteiger partial charge is 0.478 e. The van der Waals surface area contributed by atoms with Gasteiger partial charge in [-0.25, -0.2) is 14.2 Å².